The lowest BCUT2D eigenvalue weighted by atomic mass is 9.80. The van der Waals surface area contributed by atoms with Crippen molar-refractivity contribution in [3.05, 3.63) is 120 Å². The Kier molecular flexibility index (Phi) is 20.3. The zero-order chi connectivity index (χ0) is 66.4. The summed E-state index contributed by atoms with van der Waals surface area (Å²) in [5.74, 6) is 1.49. The third kappa shape index (κ3) is 15.1. The third-order valence-corrected chi connectivity index (χ3v) is 18.7. The number of anilines is 4. The molecule has 7 aromatic rings. The molecule has 94 heavy (non-hydrogen) atoms. The minimum absolute atomic E-state index is 0.0720. The molecule has 2 saturated heterocycles. The summed E-state index contributed by atoms with van der Waals surface area (Å²) in [7, 11) is 6.50. The second-order valence-corrected chi connectivity index (χ2v) is 27.4. The number of likely N-dealkylation sites (N-methyl/N-ethyl adjacent to an activating group) is 2. The number of H-pyrrole nitrogens is 2. The Morgan fingerprint density at radius 2 is 1.45 bits per heavy atom. The van der Waals surface area contributed by atoms with E-state index in [1.807, 2.05) is 25.1 Å². The molecule has 11 rings (SSSR count). The molecular weight excluding hydrogens is 1180 g/mol. The first-order valence-corrected chi connectivity index (χ1v) is 33.5. The van der Waals surface area contributed by atoms with Gasteiger partial charge in [0.1, 0.15) is 29.0 Å². The SMILES string of the molecule is CCCN1CC(=O)N(CC(N)=O)CC(N)=CNCCCNC(=O)CCCOc2c(C(C)(C)C)cc(-c3nc4ccc(N5CCN(C)CC5)cc4[nH]3)cc2C(C)(C)[n+]2c([nH]c3cc(C4Nc5cc(N6CCN(C)CC6)ccc5N4C)ccc32)-c2cccc(c2)OCCCC1=O. The number of amides is 4. The lowest BCUT2D eigenvalue weighted by Crippen LogP contribution is -2.54. The van der Waals surface area contributed by atoms with E-state index in [0.29, 0.717) is 56.8 Å². The summed E-state index contributed by atoms with van der Waals surface area (Å²) < 4.78 is 16.1. The number of carbonyl (C=O) groups excluding carboxylic acids is 4. The number of nitrogens with two attached hydrogens (primary N) is 2. The lowest BCUT2D eigenvalue weighted by Gasteiger charge is -2.34. The van der Waals surface area contributed by atoms with Crippen LogP contribution in [0.4, 0.5) is 22.7 Å². The Morgan fingerprint density at radius 1 is 0.734 bits per heavy atom. The number of fused-ring (bicyclic) bond motifs is 9. The summed E-state index contributed by atoms with van der Waals surface area (Å²) >= 11 is 0. The third-order valence-electron chi connectivity index (χ3n) is 18.7. The normalized spacial score (nSPS) is 19.1. The molecule has 5 aromatic carbocycles. The summed E-state index contributed by atoms with van der Waals surface area (Å²) in [6, 6.07) is 32.5. The number of nitrogens with one attached hydrogen (secondary N) is 5. The Morgan fingerprint density at radius 3 is 2.17 bits per heavy atom. The number of hydrogen-bond acceptors (Lipinski definition) is 15. The fourth-order valence-corrected chi connectivity index (χ4v) is 13.4. The van der Waals surface area contributed by atoms with Crippen molar-refractivity contribution in [2.45, 2.75) is 97.2 Å². The molecule has 2 fully saturated rings. The molecule has 4 aliphatic rings. The molecule has 9 N–H and O–H groups in total. The maximum absolute atomic E-state index is 13.9. The van der Waals surface area contributed by atoms with Gasteiger partial charge in [0.25, 0.3) is 5.82 Å². The van der Waals surface area contributed by atoms with Gasteiger partial charge in [0.2, 0.25) is 23.6 Å². The van der Waals surface area contributed by atoms with Gasteiger partial charge in [-0.1, -0.05) is 39.8 Å². The Hall–Kier alpha value is -9.02. The average molecular weight is 1280 g/mol. The molecule has 1 unspecified atom stereocenters. The van der Waals surface area contributed by atoms with Crippen LogP contribution >= 0.6 is 0 Å². The highest BCUT2D eigenvalue weighted by Crippen LogP contribution is 2.46. The molecule has 500 valence electrons. The van der Waals surface area contributed by atoms with Gasteiger partial charge in [0.15, 0.2) is 11.0 Å². The molecule has 0 radical (unpaired) electrons. The summed E-state index contributed by atoms with van der Waals surface area (Å²) in [5, 5.41) is 10.1. The van der Waals surface area contributed by atoms with E-state index in [4.69, 9.17) is 25.9 Å². The van der Waals surface area contributed by atoms with Crippen molar-refractivity contribution >= 4 is 68.4 Å². The van der Waals surface area contributed by atoms with Crippen molar-refractivity contribution in [1.29, 1.82) is 0 Å². The van der Waals surface area contributed by atoms with Crippen LogP contribution in [0.1, 0.15) is 103 Å². The van der Waals surface area contributed by atoms with Crippen molar-refractivity contribution < 1.29 is 33.2 Å². The van der Waals surface area contributed by atoms with Crippen molar-refractivity contribution in [2.75, 3.05) is 146 Å². The summed E-state index contributed by atoms with van der Waals surface area (Å²) in [4.78, 5) is 81.2. The van der Waals surface area contributed by atoms with Crippen LogP contribution in [0.25, 0.3) is 44.8 Å². The highest BCUT2D eigenvalue weighted by Gasteiger charge is 2.41. The second-order valence-electron chi connectivity index (χ2n) is 27.4. The molecule has 2 aromatic heterocycles. The highest BCUT2D eigenvalue weighted by atomic mass is 16.5. The minimum Gasteiger partial charge on any atom is -0.494 e. The smallest absolute Gasteiger partial charge is 0.288 e. The number of aromatic nitrogens is 4. The number of carbonyl (C=O) groups is 4. The zero-order valence-electron chi connectivity index (χ0n) is 56.5. The molecule has 22 heteroatoms. The maximum Gasteiger partial charge on any atom is 0.288 e. The Bertz CT molecular complexity index is 3910. The molecule has 22 nitrogen and oxygen atoms in total. The van der Waals surface area contributed by atoms with Crippen LogP contribution in [0.15, 0.2) is 103 Å². The molecule has 1 atom stereocenters. The number of rotatable bonds is 8. The quantitative estimate of drug-likeness (QED) is 0.0725. The number of piperazine rings is 2. The number of aromatic amines is 2. The van der Waals surface area contributed by atoms with Crippen molar-refractivity contribution in [3.63, 3.8) is 0 Å². The predicted octanol–water partition coefficient (Wildman–Crippen LogP) is 7.59. The Balaban J connectivity index is 0.994. The monoisotopic (exact) mass is 1280 g/mol. The fourth-order valence-electron chi connectivity index (χ4n) is 13.4. The number of imidazole rings is 2. The number of nitrogens with zero attached hydrogens (tertiary/aromatic N) is 9. The molecule has 4 amide bonds. The lowest BCUT2D eigenvalue weighted by molar-refractivity contribution is -0.713. The van der Waals surface area contributed by atoms with Crippen molar-refractivity contribution in [2.24, 2.45) is 11.5 Å². The van der Waals surface area contributed by atoms with Crippen LogP contribution < -0.4 is 56.2 Å². The molecule has 0 spiro atoms. The first-order chi connectivity index (χ1) is 45.1. The standard InChI is InChI=1S/C72H96N16O6/c1-10-27-86-47-66(92)87(46-63(74)89)45-51(73)44-75-25-14-26-76-64(90)17-12-37-94-67-55(71(2,3)4)39-50(68-77-57-22-20-52(42-58(57)78-68)84-32-28-81(7)29-33-84)40-56(67)72(5,6)88-62-23-19-49(41-59(62)80-70(88)48-15-11-16-54(38-48)93-36-13-18-65(86)91)69-79-60-43-53(21-24-61(60)83(69)9)85-34-30-82(8)31-35-85/h11,15-16,19-24,38-44,69,75,79H,10,12-14,17-18,25-37,45-47,73H2,1-9H3,(H4,74,76,77,78,89,90)/p+1. The molecule has 6 heterocycles. The van der Waals surface area contributed by atoms with Crippen LogP contribution in [0.5, 0.6) is 11.5 Å². The van der Waals surface area contributed by atoms with Gasteiger partial charge in [0, 0.05) is 132 Å². The largest absolute Gasteiger partial charge is 0.494 e. The molecule has 0 aliphatic carbocycles. The van der Waals surface area contributed by atoms with E-state index in [-0.39, 0.29) is 63.7 Å². The van der Waals surface area contributed by atoms with Gasteiger partial charge in [-0.2, -0.15) is 0 Å². The maximum atomic E-state index is 13.9. The molecule has 0 saturated carbocycles. The van der Waals surface area contributed by atoms with Crippen LogP contribution in [0.3, 0.4) is 0 Å². The van der Waals surface area contributed by atoms with Crippen molar-refractivity contribution in [1.82, 2.24) is 45.2 Å². The highest BCUT2D eigenvalue weighted by molar-refractivity contribution is 5.89. The number of hydrogen-bond donors (Lipinski definition) is 7. The summed E-state index contributed by atoms with van der Waals surface area (Å²) in [6.45, 7) is 22.1. The molecular formula is C72H97N16O6+. The number of ether oxygens (including phenoxy) is 2. The van der Waals surface area contributed by atoms with Crippen molar-refractivity contribution in [3.8, 4) is 34.3 Å². The zero-order valence-corrected chi connectivity index (χ0v) is 56.5. The van der Waals surface area contributed by atoms with E-state index < -0.39 is 22.8 Å². The van der Waals surface area contributed by atoms with E-state index in [0.717, 1.165) is 131 Å². The van der Waals surface area contributed by atoms with Crippen LogP contribution in [0, 0.1) is 0 Å². The van der Waals surface area contributed by atoms with E-state index in [9.17, 15) is 19.2 Å². The summed E-state index contributed by atoms with van der Waals surface area (Å²) in [5.41, 5.74) is 24.1. The number of primary amides is 1. The molecule has 4 aliphatic heterocycles. The van der Waals surface area contributed by atoms with Gasteiger partial charge in [-0.3, -0.25) is 19.2 Å². The van der Waals surface area contributed by atoms with E-state index >= 15 is 0 Å². The predicted molar refractivity (Wildman–Crippen MR) is 373 cm³/mol. The van der Waals surface area contributed by atoms with Gasteiger partial charge >= 0.3 is 0 Å². The van der Waals surface area contributed by atoms with E-state index in [1.165, 1.54) is 21.2 Å². The average Bonchev–Trinajstić information content (AvgIpc) is 1.47. The van der Waals surface area contributed by atoms with Gasteiger partial charge in [-0.05, 0) is 143 Å². The summed E-state index contributed by atoms with van der Waals surface area (Å²) in [6.07, 6.45) is 3.88. The first-order valence-electron chi connectivity index (χ1n) is 33.5. The first kappa shape index (κ1) is 66.4. The fraction of sp³-hybridized carbons (Fsp3) is 0.472. The Labute approximate surface area is 552 Å². The minimum atomic E-state index is -0.870. The van der Waals surface area contributed by atoms with Gasteiger partial charge < -0.3 is 76.2 Å². The van der Waals surface area contributed by atoms with Gasteiger partial charge in [0.05, 0.1) is 60.8 Å². The van der Waals surface area contributed by atoms with Crippen LogP contribution in [-0.4, -0.2) is 184 Å². The van der Waals surface area contributed by atoms with E-state index in [1.54, 1.807) is 6.20 Å². The number of benzene rings is 5. The van der Waals surface area contributed by atoms with Gasteiger partial charge in [-0.15, -0.1) is 0 Å². The van der Waals surface area contributed by atoms with Crippen LogP contribution in [0.2, 0.25) is 0 Å². The van der Waals surface area contributed by atoms with Gasteiger partial charge in [-0.25, -0.2) is 14.5 Å². The topological polar surface area (TPSA) is 246 Å². The van der Waals surface area contributed by atoms with E-state index in [2.05, 4.69) is 184 Å². The van der Waals surface area contributed by atoms with Crippen LogP contribution in [-0.2, 0) is 30.1 Å². The second kappa shape index (κ2) is 28.7. The molecule has 2 bridgehead atoms.